The van der Waals surface area contributed by atoms with Crippen molar-refractivity contribution >= 4 is 8.32 Å². The van der Waals surface area contributed by atoms with Gasteiger partial charge in [0.05, 0.1) is 30.9 Å². The second-order valence-electron chi connectivity index (χ2n) is 12.9. The van der Waals surface area contributed by atoms with E-state index in [4.69, 9.17) is 13.9 Å². The SMILES string of the molecule is COCCOCn1nnnc1[C@@]1(F)C[C@@]2(c3ccccc3)[C@H](O[Si](C)(C)C(C)(C)C)CC[C@@H]1N2Cc1ccccc1. The fraction of sp³-hybridized carbons (Fsp3) is 0.581. The van der Waals surface area contributed by atoms with Crippen LogP contribution in [0, 0.1) is 0 Å². The van der Waals surface area contributed by atoms with Crippen LogP contribution in [0.15, 0.2) is 60.7 Å². The summed E-state index contributed by atoms with van der Waals surface area (Å²) in [5.74, 6) is 0.212. The molecule has 5 rings (SSSR count). The van der Waals surface area contributed by atoms with Crippen LogP contribution < -0.4 is 0 Å². The van der Waals surface area contributed by atoms with Crippen LogP contribution in [0.2, 0.25) is 18.1 Å². The Labute approximate surface area is 244 Å². The zero-order chi connectivity index (χ0) is 29.3. The molecule has 0 saturated carbocycles. The Morgan fingerprint density at radius 1 is 1.00 bits per heavy atom. The molecule has 2 aliphatic rings. The van der Waals surface area contributed by atoms with Gasteiger partial charge >= 0.3 is 0 Å². The number of aromatic nitrogens is 4. The van der Waals surface area contributed by atoms with E-state index in [9.17, 15) is 0 Å². The molecule has 222 valence electrons. The zero-order valence-electron chi connectivity index (χ0n) is 25.2. The first-order chi connectivity index (χ1) is 19.5. The Balaban J connectivity index is 1.63. The van der Waals surface area contributed by atoms with Crippen molar-refractivity contribution in [3.8, 4) is 0 Å². The lowest BCUT2D eigenvalue weighted by Gasteiger charge is -2.53. The van der Waals surface area contributed by atoms with Gasteiger partial charge in [-0.3, -0.25) is 4.90 Å². The number of nitrogens with zero attached hydrogens (tertiary/aromatic N) is 5. The number of tetrazole rings is 1. The van der Waals surface area contributed by atoms with Crippen LogP contribution >= 0.6 is 0 Å². The van der Waals surface area contributed by atoms with E-state index in [-0.39, 0.29) is 30.1 Å². The van der Waals surface area contributed by atoms with Crippen LogP contribution in [0.5, 0.6) is 0 Å². The lowest BCUT2D eigenvalue weighted by atomic mass is 9.78. The van der Waals surface area contributed by atoms with Gasteiger partial charge in [-0.15, -0.1) is 5.10 Å². The monoisotopic (exact) mass is 581 g/mol. The summed E-state index contributed by atoms with van der Waals surface area (Å²) in [4.78, 5) is 2.36. The summed E-state index contributed by atoms with van der Waals surface area (Å²) in [6, 6.07) is 20.3. The molecule has 0 aliphatic carbocycles. The van der Waals surface area contributed by atoms with Crippen molar-refractivity contribution in [2.75, 3.05) is 20.3 Å². The molecule has 10 heteroatoms. The van der Waals surface area contributed by atoms with Gasteiger partial charge in [0, 0.05) is 20.1 Å². The lowest BCUT2D eigenvalue weighted by molar-refractivity contribution is -0.0646. The third-order valence-corrected chi connectivity index (χ3v) is 13.9. The van der Waals surface area contributed by atoms with Gasteiger partial charge in [0.2, 0.25) is 0 Å². The molecule has 0 spiro atoms. The Bertz CT molecular complexity index is 1290. The Morgan fingerprint density at radius 3 is 2.34 bits per heavy atom. The molecule has 0 unspecified atom stereocenters. The summed E-state index contributed by atoms with van der Waals surface area (Å²) < 4.78 is 37.6. The van der Waals surface area contributed by atoms with E-state index in [0.717, 1.165) is 17.5 Å². The summed E-state index contributed by atoms with van der Waals surface area (Å²) in [6.07, 6.45) is 1.40. The van der Waals surface area contributed by atoms with Crippen molar-refractivity contribution in [1.29, 1.82) is 0 Å². The number of hydrogen-bond acceptors (Lipinski definition) is 7. The number of ether oxygens (including phenoxy) is 2. The standard InChI is InChI=1S/C31H44FN5O3Si/c1-29(2,3)41(5,6)40-27-18-17-26-30(32,28-33-34-35-37(28)23-39-20-19-38-4)22-31(27,25-15-11-8-12-16-25)36(26)21-24-13-9-7-10-14-24/h7-16,26-27H,17-23H2,1-6H3/t26-,27+,30+,31+/m0/s1. The van der Waals surface area contributed by atoms with Crippen molar-refractivity contribution < 1.29 is 18.3 Å². The Morgan fingerprint density at radius 2 is 1.68 bits per heavy atom. The van der Waals surface area contributed by atoms with Gasteiger partial charge in [0.1, 0.15) is 6.73 Å². The molecule has 4 atom stereocenters. The van der Waals surface area contributed by atoms with E-state index in [1.54, 1.807) is 7.11 Å². The molecule has 2 fully saturated rings. The van der Waals surface area contributed by atoms with Crippen molar-refractivity contribution in [2.24, 2.45) is 0 Å². The lowest BCUT2D eigenvalue weighted by Crippen LogP contribution is -2.60. The van der Waals surface area contributed by atoms with E-state index in [1.807, 2.05) is 36.4 Å². The van der Waals surface area contributed by atoms with Crippen molar-refractivity contribution in [3.63, 3.8) is 0 Å². The van der Waals surface area contributed by atoms with Crippen LogP contribution in [-0.4, -0.2) is 65.9 Å². The number of hydrogen-bond donors (Lipinski definition) is 0. The molecule has 2 aliphatic heterocycles. The van der Waals surface area contributed by atoms with Crippen LogP contribution in [0.25, 0.3) is 0 Å². The topological polar surface area (TPSA) is 74.5 Å². The molecule has 0 amide bonds. The molecule has 8 nitrogen and oxygen atoms in total. The summed E-state index contributed by atoms with van der Waals surface area (Å²) in [5.41, 5.74) is -0.320. The summed E-state index contributed by atoms with van der Waals surface area (Å²) in [5, 5.41) is 12.4. The summed E-state index contributed by atoms with van der Waals surface area (Å²) in [7, 11) is -0.590. The molecule has 0 N–H and O–H groups in total. The van der Waals surface area contributed by atoms with Gasteiger partial charge in [-0.05, 0) is 52.5 Å². The molecule has 3 heterocycles. The highest BCUT2D eigenvalue weighted by Gasteiger charge is 2.69. The fourth-order valence-electron chi connectivity index (χ4n) is 6.38. The van der Waals surface area contributed by atoms with Gasteiger partial charge in [-0.1, -0.05) is 81.4 Å². The summed E-state index contributed by atoms with van der Waals surface area (Å²) in [6.45, 7) is 12.8. The first kappa shape index (κ1) is 30.0. The van der Waals surface area contributed by atoms with E-state index >= 15 is 4.39 Å². The predicted octanol–water partition coefficient (Wildman–Crippen LogP) is 5.81. The zero-order valence-corrected chi connectivity index (χ0v) is 26.2. The molecule has 2 bridgehead atoms. The largest absolute Gasteiger partial charge is 0.412 e. The number of fused-ring (bicyclic) bond motifs is 2. The minimum absolute atomic E-state index is 0.0149. The van der Waals surface area contributed by atoms with Crippen molar-refractivity contribution in [3.05, 3.63) is 77.6 Å². The normalized spacial score (nSPS) is 26.9. The van der Waals surface area contributed by atoms with E-state index in [0.29, 0.717) is 26.2 Å². The van der Waals surface area contributed by atoms with Crippen molar-refractivity contribution in [2.45, 2.75) is 94.8 Å². The quantitative estimate of drug-likeness (QED) is 0.209. The number of benzene rings is 2. The maximum absolute atomic E-state index is 18.1. The van der Waals surface area contributed by atoms with Gasteiger partial charge in [-0.25, -0.2) is 9.07 Å². The van der Waals surface area contributed by atoms with E-state index < -0.39 is 25.6 Å². The Hall–Kier alpha value is -2.50. The number of halogens is 1. The van der Waals surface area contributed by atoms with Crippen LogP contribution in [0.3, 0.4) is 0 Å². The van der Waals surface area contributed by atoms with Crippen LogP contribution in [0.4, 0.5) is 4.39 Å². The highest BCUT2D eigenvalue weighted by atomic mass is 28.4. The molecular formula is C31H44FN5O3Si. The third-order valence-electron chi connectivity index (χ3n) is 9.44. The van der Waals surface area contributed by atoms with E-state index in [1.165, 1.54) is 4.68 Å². The molecular weight excluding hydrogens is 537 g/mol. The number of alkyl halides is 1. The second-order valence-corrected chi connectivity index (χ2v) is 17.7. The summed E-state index contributed by atoms with van der Waals surface area (Å²) >= 11 is 0. The predicted molar refractivity (Wildman–Crippen MR) is 158 cm³/mol. The Kier molecular flexibility index (Phi) is 8.51. The first-order valence-corrected chi connectivity index (χ1v) is 17.5. The third kappa shape index (κ3) is 5.52. The molecule has 3 aromatic rings. The average Bonchev–Trinajstić information content (AvgIpc) is 3.48. The molecule has 2 aromatic carbocycles. The number of rotatable bonds is 11. The highest BCUT2D eigenvalue weighted by molar-refractivity contribution is 6.74. The van der Waals surface area contributed by atoms with E-state index in [2.05, 4.69) is 78.6 Å². The van der Waals surface area contributed by atoms with Gasteiger partial charge < -0.3 is 13.9 Å². The minimum Gasteiger partial charge on any atom is -0.412 e. The number of piperidine rings is 1. The maximum Gasteiger partial charge on any atom is 0.192 e. The van der Waals surface area contributed by atoms with Gasteiger partial charge in [0.15, 0.2) is 19.8 Å². The highest BCUT2D eigenvalue weighted by Crippen LogP contribution is 2.61. The van der Waals surface area contributed by atoms with Crippen LogP contribution in [-0.2, 0) is 38.4 Å². The molecule has 41 heavy (non-hydrogen) atoms. The van der Waals surface area contributed by atoms with Crippen molar-refractivity contribution in [1.82, 2.24) is 25.1 Å². The van der Waals surface area contributed by atoms with Gasteiger partial charge in [-0.2, -0.15) is 0 Å². The average molecular weight is 582 g/mol. The number of methoxy groups -OCH3 is 1. The smallest absolute Gasteiger partial charge is 0.192 e. The molecule has 0 radical (unpaired) electrons. The fourth-order valence-corrected chi connectivity index (χ4v) is 7.76. The minimum atomic E-state index is -2.21. The van der Waals surface area contributed by atoms with Crippen LogP contribution in [0.1, 0.15) is 57.0 Å². The molecule has 2 saturated heterocycles. The second kappa shape index (κ2) is 11.6. The first-order valence-electron chi connectivity index (χ1n) is 14.6. The van der Waals surface area contributed by atoms with Gasteiger partial charge in [0.25, 0.3) is 0 Å². The molecule has 1 aromatic heterocycles. The maximum atomic E-state index is 18.1.